The molecule has 0 N–H and O–H groups in total. The first-order valence-electron chi connectivity index (χ1n) is 22.0. The van der Waals surface area contributed by atoms with Gasteiger partial charge in [0.05, 0.1) is 162 Å². The minimum absolute atomic E-state index is 0. The van der Waals surface area contributed by atoms with Gasteiger partial charge in [0.2, 0.25) is 0 Å². The summed E-state index contributed by atoms with van der Waals surface area (Å²) in [7, 11) is 10.7. The number of hydrogen-bond acceptors (Lipinski definition) is 10. The van der Waals surface area contributed by atoms with Crippen LogP contribution in [0.25, 0.3) is 86.7 Å². The van der Waals surface area contributed by atoms with Gasteiger partial charge in [0.25, 0.3) is 0 Å². The van der Waals surface area contributed by atoms with E-state index >= 15 is 0 Å². The van der Waals surface area contributed by atoms with Crippen molar-refractivity contribution in [3.05, 3.63) is 107 Å². The maximum absolute atomic E-state index is 7.55. The van der Waals surface area contributed by atoms with E-state index in [0.717, 1.165) is 0 Å². The number of rotatable bonds is 12. The third-order valence-electron chi connectivity index (χ3n) is 12.4. The van der Waals surface area contributed by atoms with E-state index in [0.29, 0.717) is 0 Å². The molecule has 423 valence electrons. The number of nitrogens with zero attached hydrogens (tertiary/aromatic N) is 4. The molecule has 7 aromatic rings. The molecule has 0 amide bonds. The van der Waals surface area contributed by atoms with Crippen LogP contribution < -0.4 is 47.9 Å². The molecule has 0 saturated carbocycles. The quantitative estimate of drug-likeness (QED) is 0.108. The first-order chi connectivity index (χ1) is 38.0. The van der Waals surface area contributed by atoms with E-state index in [2.05, 4.69) is 0 Å². The smallest absolute Gasteiger partial charge is 0.654 e. The Morgan fingerprint density at radius 1 is 0.259 bits per heavy atom. The Labute approximate surface area is 551 Å². The fourth-order valence-corrected chi connectivity index (χ4v) is 13.5. The molecule has 0 atom stereocenters. The van der Waals surface area contributed by atoms with Crippen LogP contribution in [-0.2, 0) is 17.1 Å². The van der Waals surface area contributed by atoms with Crippen molar-refractivity contribution in [1.29, 1.82) is 0 Å². The summed E-state index contributed by atoms with van der Waals surface area (Å²) in [6.07, 6.45) is 0. The molecular formula is C52H28Cl16MnN4O8. The van der Waals surface area contributed by atoms with Crippen molar-refractivity contribution in [2.24, 2.45) is 0 Å². The summed E-state index contributed by atoms with van der Waals surface area (Å²) in [4.78, 5) is 20.8. The zero-order chi connectivity index (χ0) is 58.4. The Kier molecular flexibility index (Phi) is 19.9. The second-order valence-corrected chi connectivity index (χ2v) is 22.7. The van der Waals surface area contributed by atoms with E-state index in [4.69, 9.17) is 243 Å². The van der Waals surface area contributed by atoms with Crippen molar-refractivity contribution < 1.29 is 55.0 Å². The van der Waals surface area contributed by atoms with Gasteiger partial charge < -0.3 is 47.9 Å². The van der Waals surface area contributed by atoms with E-state index < -0.39 is 0 Å². The van der Waals surface area contributed by atoms with Crippen LogP contribution in [0.15, 0.2) is 24.3 Å². The first kappa shape index (κ1) is 64.0. The number of ether oxygens (including phenoxy) is 8. The van der Waals surface area contributed by atoms with Crippen LogP contribution in [-0.4, -0.2) is 66.8 Å². The second kappa shape index (κ2) is 25.2. The standard InChI is InChI=1S/C52H28Cl16N4O8.Mn/c1-73-45-13(53)9-14(54)46(74-2)25(45)21-37-29(61)31(63)39(69-37)22(26-47(75-3)15(55)10-16(56)48(26)76-4)41-33(65)35(67)43(71-41)24(28-51(79-7)19(59)12-20(60)52(28)80-8)44-36(68)34(66)42(72-44)23(40-32(64)30(62)38(21)70-40)27-49(77-5)17(57)11-18(58)50(27)78-6;/h9-12H,1-8H3;/q-2;+2. The molecule has 0 aliphatic carbocycles. The van der Waals surface area contributed by atoms with Gasteiger partial charge in [-0.05, 0) is 24.3 Å². The van der Waals surface area contributed by atoms with Gasteiger partial charge in [0.1, 0.15) is 46.0 Å². The minimum Gasteiger partial charge on any atom is -0.654 e. The average Bonchev–Trinajstić information content (AvgIpc) is 4.13. The van der Waals surface area contributed by atoms with Crippen LogP contribution in [0, 0.1) is 0 Å². The van der Waals surface area contributed by atoms with Crippen LogP contribution in [0.1, 0.15) is 22.8 Å². The Hall–Kier alpha value is -2.96. The molecule has 8 bridgehead atoms. The molecule has 9 rings (SSSR count). The SMILES string of the molecule is COc1c(Cl)cc(Cl)c(OC)c1-c1c2nc(c(-c3c(OC)c(Cl)cc(Cl)c3OC)c3[n-]c(c(Cl)c3Cl)c(-c3c(OC)c(Cl)cc(Cl)c3OC)c3nc(c(-c4c(OC)c(Cl)cc(Cl)c4OC)c4[n-]c1c(Cl)c4Cl)C(Cl)=C3Cl)C(Cl)=C2Cl.[Mn+2]. The number of hydrogen-bond donors (Lipinski definition) is 0. The Morgan fingerprint density at radius 2 is 0.407 bits per heavy atom. The number of methoxy groups -OCH3 is 8. The van der Waals surface area contributed by atoms with Crippen LogP contribution >= 0.6 is 186 Å². The van der Waals surface area contributed by atoms with E-state index in [1.165, 1.54) is 81.1 Å². The number of halogens is 16. The zero-order valence-electron chi connectivity index (χ0n) is 41.8. The third-order valence-corrected chi connectivity index (χ3v) is 18.0. The van der Waals surface area contributed by atoms with Gasteiger partial charge in [-0.3, -0.25) is 0 Å². The summed E-state index contributed by atoms with van der Waals surface area (Å²) >= 11 is 116. The predicted molar refractivity (Wildman–Crippen MR) is 330 cm³/mol. The van der Waals surface area contributed by atoms with E-state index in [-0.39, 0.29) is 233 Å². The number of fused-ring (bicyclic) bond motifs is 8. The van der Waals surface area contributed by atoms with Crippen molar-refractivity contribution in [2.45, 2.75) is 0 Å². The number of benzene rings is 4. The summed E-state index contributed by atoms with van der Waals surface area (Å²) in [6, 6.07) is 5.56. The molecule has 3 aromatic heterocycles. The van der Waals surface area contributed by atoms with Gasteiger partial charge in [-0.25, -0.2) is 9.97 Å². The summed E-state index contributed by atoms with van der Waals surface area (Å²) < 4.78 is 47.9. The molecule has 81 heavy (non-hydrogen) atoms. The van der Waals surface area contributed by atoms with Gasteiger partial charge in [-0.15, -0.1) is 22.1 Å². The normalized spacial score (nSPS) is 12.2. The maximum Gasteiger partial charge on any atom is 2.00 e. The van der Waals surface area contributed by atoms with Gasteiger partial charge in [0.15, 0.2) is 0 Å². The fourth-order valence-electron chi connectivity index (χ4n) is 9.23. The Bertz CT molecular complexity index is 3490. The molecular weight excluding hydrogens is 1430 g/mol. The van der Waals surface area contributed by atoms with Crippen molar-refractivity contribution in [3.8, 4) is 90.5 Å². The van der Waals surface area contributed by atoms with Crippen molar-refractivity contribution in [3.63, 3.8) is 0 Å². The summed E-state index contributed by atoms with van der Waals surface area (Å²) in [5, 5.41) is -2.30. The number of aromatic nitrogens is 4. The van der Waals surface area contributed by atoms with Crippen LogP contribution in [0.5, 0.6) is 46.0 Å². The molecule has 0 saturated heterocycles. The van der Waals surface area contributed by atoms with Crippen LogP contribution in [0.3, 0.4) is 0 Å². The molecule has 0 fully saturated rings. The van der Waals surface area contributed by atoms with Crippen molar-refractivity contribution >= 4 is 228 Å². The Balaban J connectivity index is 0.00000860. The topological polar surface area (TPSA) is 128 Å². The van der Waals surface area contributed by atoms with Gasteiger partial charge in [0, 0.05) is 42.3 Å². The molecule has 12 nitrogen and oxygen atoms in total. The largest absolute Gasteiger partial charge is 2.00 e. The zero-order valence-corrected chi connectivity index (χ0v) is 55.1. The van der Waals surface area contributed by atoms with Crippen LogP contribution in [0.2, 0.25) is 60.3 Å². The average molecular weight is 1460 g/mol. The molecule has 0 spiro atoms. The van der Waals surface area contributed by atoms with E-state index in [1.807, 2.05) is 0 Å². The maximum atomic E-state index is 7.55. The molecule has 2 aliphatic heterocycles. The van der Waals surface area contributed by atoms with E-state index in [1.54, 1.807) is 0 Å². The van der Waals surface area contributed by atoms with Crippen molar-refractivity contribution in [2.75, 3.05) is 56.9 Å². The van der Waals surface area contributed by atoms with Gasteiger partial charge in [-0.2, -0.15) is 0 Å². The van der Waals surface area contributed by atoms with Gasteiger partial charge >= 0.3 is 17.1 Å². The molecule has 0 unspecified atom stereocenters. The van der Waals surface area contributed by atoms with Crippen LogP contribution in [0.4, 0.5) is 0 Å². The molecule has 4 aromatic carbocycles. The minimum atomic E-state index is -0.267. The molecule has 2 aliphatic rings. The second-order valence-electron chi connectivity index (χ2n) is 16.4. The summed E-state index contributed by atoms with van der Waals surface area (Å²) in [5.74, 6) is -0.344. The predicted octanol–water partition coefficient (Wildman–Crippen LogP) is 20.8. The van der Waals surface area contributed by atoms with Gasteiger partial charge in [-0.1, -0.05) is 186 Å². The molecule has 29 heteroatoms. The molecule has 1 radical (unpaired) electrons. The molecule has 5 heterocycles. The first-order valence-corrected chi connectivity index (χ1v) is 28.1. The third kappa shape index (κ3) is 10.3. The summed E-state index contributed by atoms with van der Waals surface area (Å²) in [6.45, 7) is 0. The fraction of sp³-hybridized carbons (Fsp3) is 0.154. The summed E-state index contributed by atoms with van der Waals surface area (Å²) in [5.41, 5.74) is -2.04. The van der Waals surface area contributed by atoms with E-state index in [9.17, 15) is 0 Å². The monoisotopic (exact) mass is 1450 g/mol. The Morgan fingerprint density at radius 3 is 0.543 bits per heavy atom. The van der Waals surface area contributed by atoms with Crippen molar-refractivity contribution in [1.82, 2.24) is 19.9 Å².